The van der Waals surface area contributed by atoms with E-state index < -0.39 is 0 Å². The Balaban J connectivity index is 1.89. The molecule has 0 bridgehead atoms. The third-order valence-corrected chi connectivity index (χ3v) is 6.40. The van der Waals surface area contributed by atoms with Gasteiger partial charge >= 0.3 is 0 Å². The fourth-order valence-electron chi connectivity index (χ4n) is 2.67. The number of thioether (sulfide) groups is 1. The zero-order valence-corrected chi connectivity index (χ0v) is 18.4. The van der Waals surface area contributed by atoms with Gasteiger partial charge < -0.3 is 0 Å². The fraction of sp³-hybridized carbons (Fsp3) is 0.500. The van der Waals surface area contributed by atoms with Gasteiger partial charge in [0.15, 0.2) is 10.8 Å². The van der Waals surface area contributed by atoms with Crippen molar-refractivity contribution in [1.82, 2.24) is 30.4 Å². The van der Waals surface area contributed by atoms with E-state index in [2.05, 4.69) is 48.7 Å². The predicted octanol–water partition coefficient (Wildman–Crippen LogP) is 2.97. The molecule has 0 aliphatic heterocycles. The first-order valence-electron chi connectivity index (χ1n) is 9.06. The molecule has 0 unspecified atom stereocenters. The number of carbonyl (C=O) groups is 2. The summed E-state index contributed by atoms with van der Waals surface area (Å²) < 4.78 is 1.94. The molecule has 0 aromatic carbocycles. The SMILES string of the molecule is Cc1sc2nc(C(C)C)n3c(SCC(=O)NNC(=O)C(C)C)nnc3c2c1C. The zero-order valence-electron chi connectivity index (χ0n) is 16.8. The largest absolute Gasteiger partial charge is 0.273 e. The van der Waals surface area contributed by atoms with Crippen molar-refractivity contribution in [2.75, 3.05) is 5.75 Å². The quantitative estimate of drug-likeness (QED) is 0.486. The van der Waals surface area contributed by atoms with Gasteiger partial charge in [0.1, 0.15) is 10.7 Å². The summed E-state index contributed by atoms with van der Waals surface area (Å²) in [7, 11) is 0. The van der Waals surface area contributed by atoms with Crippen LogP contribution in [0.1, 0.15) is 49.9 Å². The highest BCUT2D eigenvalue weighted by Crippen LogP contribution is 2.34. The normalized spacial score (nSPS) is 11.7. The lowest BCUT2D eigenvalue weighted by Crippen LogP contribution is -2.44. The Morgan fingerprint density at radius 2 is 1.86 bits per heavy atom. The maximum atomic E-state index is 12.1. The average molecular weight is 421 g/mol. The third-order valence-electron chi connectivity index (χ3n) is 4.37. The Hall–Kier alpha value is -2.20. The molecule has 0 radical (unpaired) electrons. The van der Waals surface area contributed by atoms with Gasteiger partial charge in [-0.2, -0.15) is 0 Å². The van der Waals surface area contributed by atoms with Crippen molar-refractivity contribution >= 4 is 50.8 Å². The lowest BCUT2D eigenvalue weighted by atomic mass is 10.2. The number of hydrogen-bond donors (Lipinski definition) is 2. The highest BCUT2D eigenvalue weighted by molar-refractivity contribution is 7.99. The second-order valence-corrected chi connectivity index (χ2v) is 9.36. The van der Waals surface area contributed by atoms with Crippen LogP contribution in [-0.4, -0.2) is 37.1 Å². The van der Waals surface area contributed by atoms with Crippen molar-refractivity contribution < 1.29 is 9.59 Å². The van der Waals surface area contributed by atoms with Gasteiger partial charge in [-0.3, -0.25) is 24.8 Å². The Morgan fingerprint density at radius 1 is 1.14 bits per heavy atom. The summed E-state index contributed by atoms with van der Waals surface area (Å²) in [5.41, 5.74) is 6.76. The number of hydrazine groups is 1. The van der Waals surface area contributed by atoms with Crippen LogP contribution in [0, 0.1) is 19.8 Å². The molecule has 0 saturated heterocycles. The summed E-state index contributed by atoms with van der Waals surface area (Å²) >= 11 is 2.93. The van der Waals surface area contributed by atoms with Crippen LogP contribution in [0.3, 0.4) is 0 Å². The van der Waals surface area contributed by atoms with Crippen molar-refractivity contribution in [3.05, 3.63) is 16.3 Å². The molecule has 0 aliphatic carbocycles. The number of carbonyl (C=O) groups excluding carboxylic acids is 2. The average Bonchev–Trinajstić information content (AvgIpc) is 3.18. The molecule has 2 N–H and O–H groups in total. The molecular formula is C18H24N6O2S2. The topological polar surface area (TPSA) is 101 Å². The molecule has 10 heteroatoms. The van der Waals surface area contributed by atoms with Gasteiger partial charge in [-0.05, 0) is 19.4 Å². The van der Waals surface area contributed by atoms with Gasteiger partial charge in [0.2, 0.25) is 11.8 Å². The Morgan fingerprint density at radius 3 is 2.50 bits per heavy atom. The van der Waals surface area contributed by atoms with E-state index in [1.54, 1.807) is 25.2 Å². The van der Waals surface area contributed by atoms with Gasteiger partial charge in [-0.25, -0.2) is 4.98 Å². The summed E-state index contributed by atoms with van der Waals surface area (Å²) in [5, 5.41) is 10.3. The number of rotatable bonds is 5. The van der Waals surface area contributed by atoms with Crippen LogP contribution >= 0.6 is 23.1 Å². The second kappa shape index (κ2) is 8.04. The number of fused-ring (bicyclic) bond motifs is 3. The molecule has 0 spiro atoms. The van der Waals surface area contributed by atoms with Crippen molar-refractivity contribution in [2.45, 2.75) is 52.6 Å². The number of aromatic nitrogens is 4. The summed E-state index contributed by atoms with van der Waals surface area (Å²) in [5.74, 6) is 0.402. The van der Waals surface area contributed by atoms with Gasteiger partial charge in [0.25, 0.3) is 0 Å². The van der Waals surface area contributed by atoms with Gasteiger partial charge in [-0.1, -0.05) is 39.5 Å². The number of aryl methyl sites for hydroxylation is 2. The minimum Gasteiger partial charge on any atom is -0.273 e. The van der Waals surface area contributed by atoms with E-state index in [0.717, 1.165) is 27.3 Å². The molecule has 150 valence electrons. The zero-order chi connectivity index (χ0) is 20.6. The Bertz CT molecular complexity index is 1050. The second-order valence-electron chi connectivity index (χ2n) is 7.21. The maximum absolute atomic E-state index is 12.1. The molecular weight excluding hydrogens is 396 g/mol. The molecule has 2 amide bonds. The minimum absolute atomic E-state index is 0.108. The smallest absolute Gasteiger partial charge is 0.248 e. The lowest BCUT2D eigenvalue weighted by molar-refractivity contribution is -0.129. The first-order chi connectivity index (χ1) is 13.2. The summed E-state index contributed by atoms with van der Waals surface area (Å²) in [6.45, 7) is 11.8. The van der Waals surface area contributed by atoms with E-state index in [0.29, 0.717) is 5.16 Å². The molecule has 0 atom stereocenters. The van der Waals surface area contributed by atoms with Crippen LogP contribution in [0.15, 0.2) is 5.16 Å². The summed E-state index contributed by atoms with van der Waals surface area (Å²) in [4.78, 5) is 30.7. The molecule has 0 aliphatic rings. The Kier molecular flexibility index (Phi) is 5.90. The molecule has 0 fully saturated rings. The van der Waals surface area contributed by atoms with Crippen molar-refractivity contribution in [3.63, 3.8) is 0 Å². The monoisotopic (exact) mass is 420 g/mol. The highest BCUT2D eigenvalue weighted by Gasteiger charge is 2.21. The van der Waals surface area contributed by atoms with Crippen LogP contribution in [0.2, 0.25) is 0 Å². The number of hydrogen-bond acceptors (Lipinski definition) is 7. The van der Waals surface area contributed by atoms with Crippen LogP contribution < -0.4 is 10.9 Å². The molecule has 8 nitrogen and oxygen atoms in total. The molecule has 3 heterocycles. The van der Waals surface area contributed by atoms with E-state index in [1.165, 1.54) is 16.6 Å². The van der Waals surface area contributed by atoms with Crippen LogP contribution in [0.5, 0.6) is 0 Å². The number of amides is 2. The Labute approximate surface area is 171 Å². The van der Waals surface area contributed by atoms with Crippen LogP contribution in [-0.2, 0) is 9.59 Å². The van der Waals surface area contributed by atoms with Gasteiger partial charge in [-0.15, -0.1) is 21.5 Å². The van der Waals surface area contributed by atoms with E-state index in [-0.39, 0.29) is 29.4 Å². The molecule has 28 heavy (non-hydrogen) atoms. The van der Waals surface area contributed by atoms with E-state index in [1.807, 2.05) is 4.40 Å². The third kappa shape index (κ3) is 3.83. The molecule has 3 rings (SSSR count). The lowest BCUT2D eigenvalue weighted by Gasteiger charge is -2.11. The minimum atomic E-state index is -0.307. The first-order valence-corrected chi connectivity index (χ1v) is 10.9. The van der Waals surface area contributed by atoms with Crippen LogP contribution in [0.4, 0.5) is 0 Å². The summed E-state index contributed by atoms with van der Waals surface area (Å²) in [6, 6.07) is 0. The maximum Gasteiger partial charge on any atom is 0.248 e. The highest BCUT2D eigenvalue weighted by atomic mass is 32.2. The number of nitrogens with one attached hydrogen (secondary N) is 2. The van der Waals surface area contributed by atoms with Gasteiger partial charge in [0.05, 0.1) is 11.1 Å². The number of thiophene rings is 1. The number of nitrogens with zero attached hydrogens (tertiary/aromatic N) is 4. The van der Waals surface area contributed by atoms with Crippen molar-refractivity contribution in [3.8, 4) is 0 Å². The standard InChI is InChI=1S/C18H24N6O2S2/c1-8(2)14-19-17-13(10(5)11(6)28-17)15-21-23-18(24(14)15)27-7-12(25)20-22-16(26)9(3)4/h8-9H,7H2,1-6H3,(H,20,25)(H,22,26). The van der Waals surface area contributed by atoms with E-state index in [4.69, 9.17) is 4.98 Å². The van der Waals surface area contributed by atoms with Crippen LogP contribution in [0.25, 0.3) is 15.9 Å². The van der Waals surface area contributed by atoms with Crippen molar-refractivity contribution in [1.29, 1.82) is 0 Å². The molecule has 3 aromatic heterocycles. The molecule has 0 saturated carbocycles. The van der Waals surface area contributed by atoms with Crippen molar-refractivity contribution in [2.24, 2.45) is 5.92 Å². The predicted molar refractivity (Wildman–Crippen MR) is 112 cm³/mol. The van der Waals surface area contributed by atoms with E-state index in [9.17, 15) is 9.59 Å². The fourth-order valence-corrected chi connectivity index (χ4v) is 4.44. The summed E-state index contributed by atoms with van der Waals surface area (Å²) in [6.07, 6.45) is 0. The van der Waals surface area contributed by atoms with E-state index >= 15 is 0 Å². The molecule has 3 aromatic rings. The first kappa shape index (κ1) is 20.5. The van der Waals surface area contributed by atoms with Gasteiger partial charge in [0, 0.05) is 16.7 Å².